The van der Waals surface area contributed by atoms with Crippen molar-refractivity contribution in [1.29, 1.82) is 0 Å². The lowest BCUT2D eigenvalue weighted by atomic mass is 9.91. The minimum atomic E-state index is -3.88. The molecule has 0 saturated carbocycles. The number of nitrogens with one attached hydrogen (secondary N) is 1. The quantitative estimate of drug-likeness (QED) is 0.805. The van der Waals surface area contributed by atoms with E-state index < -0.39 is 16.1 Å². The van der Waals surface area contributed by atoms with Crippen molar-refractivity contribution in [3.05, 3.63) is 18.2 Å². The highest BCUT2D eigenvalue weighted by molar-refractivity contribution is 7.89. The molecule has 0 aliphatic carbocycles. The molecule has 3 unspecified atom stereocenters. The fourth-order valence-electron chi connectivity index (χ4n) is 3.94. The van der Waals surface area contributed by atoms with Gasteiger partial charge in [-0.15, -0.1) is 0 Å². The van der Waals surface area contributed by atoms with Gasteiger partial charge in [0.2, 0.25) is 15.9 Å². The standard InChI is InChI=1S/C20H30N2O5S/c1-13(2)19(20(23)22-11-14(3)9-15(4)12-22)21-28(24,25)16-5-6-17-18(10-16)27-8-7-26-17/h5-6,10,13-15,19,21H,7-9,11-12H2,1-4H3. The molecule has 0 spiro atoms. The number of piperidine rings is 1. The highest BCUT2D eigenvalue weighted by Gasteiger charge is 2.35. The van der Waals surface area contributed by atoms with Gasteiger partial charge in [0.15, 0.2) is 11.5 Å². The van der Waals surface area contributed by atoms with Gasteiger partial charge in [0.05, 0.1) is 4.90 Å². The summed E-state index contributed by atoms with van der Waals surface area (Å²) in [5, 5.41) is 0. The lowest BCUT2D eigenvalue weighted by molar-refractivity contribution is -0.136. The van der Waals surface area contributed by atoms with Crippen molar-refractivity contribution in [1.82, 2.24) is 9.62 Å². The van der Waals surface area contributed by atoms with Gasteiger partial charge in [0.1, 0.15) is 19.3 Å². The number of hydrogen-bond donors (Lipinski definition) is 1. The molecule has 1 aromatic carbocycles. The second kappa shape index (κ2) is 8.29. The Morgan fingerprint density at radius 3 is 2.32 bits per heavy atom. The number of likely N-dealkylation sites (tertiary alicyclic amines) is 1. The van der Waals surface area contributed by atoms with Gasteiger partial charge in [-0.2, -0.15) is 4.72 Å². The summed E-state index contributed by atoms with van der Waals surface area (Å²) in [5.74, 6) is 1.42. The fourth-order valence-corrected chi connectivity index (χ4v) is 5.29. The van der Waals surface area contributed by atoms with Crippen LogP contribution in [0.15, 0.2) is 23.1 Å². The van der Waals surface area contributed by atoms with Gasteiger partial charge >= 0.3 is 0 Å². The molecule has 3 atom stereocenters. The molecule has 0 bridgehead atoms. The molecule has 28 heavy (non-hydrogen) atoms. The number of sulfonamides is 1. The lowest BCUT2D eigenvalue weighted by Gasteiger charge is -2.37. The van der Waals surface area contributed by atoms with E-state index in [1.54, 1.807) is 11.0 Å². The van der Waals surface area contributed by atoms with Crippen molar-refractivity contribution in [2.45, 2.75) is 45.1 Å². The molecule has 2 heterocycles. The van der Waals surface area contributed by atoms with Gasteiger partial charge in [0, 0.05) is 19.2 Å². The van der Waals surface area contributed by atoms with E-state index in [0.717, 1.165) is 6.42 Å². The number of rotatable bonds is 5. The van der Waals surface area contributed by atoms with Crippen molar-refractivity contribution in [2.75, 3.05) is 26.3 Å². The summed E-state index contributed by atoms with van der Waals surface area (Å²) < 4.78 is 39.5. The van der Waals surface area contributed by atoms with Crippen molar-refractivity contribution in [3.8, 4) is 11.5 Å². The number of ether oxygens (including phenoxy) is 2. The van der Waals surface area contributed by atoms with E-state index >= 15 is 0 Å². The molecule has 1 saturated heterocycles. The number of benzene rings is 1. The van der Waals surface area contributed by atoms with E-state index in [9.17, 15) is 13.2 Å². The van der Waals surface area contributed by atoms with Crippen LogP contribution in [-0.4, -0.2) is 51.6 Å². The first-order valence-electron chi connectivity index (χ1n) is 9.88. The molecule has 8 heteroatoms. The smallest absolute Gasteiger partial charge is 0.241 e. The fraction of sp³-hybridized carbons (Fsp3) is 0.650. The number of carbonyl (C=O) groups excluding carboxylic acids is 1. The Morgan fingerprint density at radius 1 is 1.11 bits per heavy atom. The Kier molecular flexibility index (Phi) is 6.19. The summed E-state index contributed by atoms with van der Waals surface area (Å²) in [6.45, 7) is 10.1. The summed E-state index contributed by atoms with van der Waals surface area (Å²) in [6, 6.07) is 3.70. The van der Waals surface area contributed by atoms with Crippen LogP contribution in [0.5, 0.6) is 11.5 Å². The maximum atomic E-state index is 13.1. The third-order valence-electron chi connectivity index (χ3n) is 5.22. The lowest BCUT2D eigenvalue weighted by Crippen LogP contribution is -2.54. The Balaban J connectivity index is 1.80. The third kappa shape index (κ3) is 4.60. The van der Waals surface area contributed by atoms with E-state index in [1.807, 2.05) is 13.8 Å². The number of fused-ring (bicyclic) bond motifs is 1. The van der Waals surface area contributed by atoms with Crippen LogP contribution < -0.4 is 14.2 Å². The number of carbonyl (C=O) groups is 1. The first kappa shape index (κ1) is 20.9. The van der Waals surface area contributed by atoms with E-state index in [2.05, 4.69) is 18.6 Å². The molecule has 7 nitrogen and oxygen atoms in total. The van der Waals surface area contributed by atoms with E-state index in [1.165, 1.54) is 12.1 Å². The van der Waals surface area contributed by atoms with Crippen LogP contribution in [-0.2, 0) is 14.8 Å². The van der Waals surface area contributed by atoms with Crippen LogP contribution in [0, 0.1) is 17.8 Å². The zero-order chi connectivity index (χ0) is 20.5. The number of hydrogen-bond acceptors (Lipinski definition) is 5. The average Bonchev–Trinajstić information content (AvgIpc) is 2.64. The Morgan fingerprint density at radius 2 is 1.71 bits per heavy atom. The minimum absolute atomic E-state index is 0.0654. The molecule has 0 radical (unpaired) electrons. The monoisotopic (exact) mass is 410 g/mol. The second-order valence-corrected chi connectivity index (χ2v) is 10.1. The van der Waals surface area contributed by atoms with Crippen LogP contribution >= 0.6 is 0 Å². The summed E-state index contributed by atoms with van der Waals surface area (Å²) in [4.78, 5) is 15.0. The average molecular weight is 411 g/mol. The van der Waals surface area contributed by atoms with Crippen LogP contribution in [0.2, 0.25) is 0 Å². The molecule has 1 amide bonds. The van der Waals surface area contributed by atoms with Crippen molar-refractivity contribution >= 4 is 15.9 Å². The van der Waals surface area contributed by atoms with Gasteiger partial charge in [-0.1, -0.05) is 27.7 Å². The molecular formula is C20H30N2O5S. The molecule has 0 aromatic heterocycles. The Hall–Kier alpha value is -1.80. The zero-order valence-electron chi connectivity index (χ0n) is 17.0. The van der Waals surface area contributed by atoms with Gasteiger partial charge in [-0.3, -0.25) is 4.79 Å². The number of amides is 1. The third-order valence-corrected chi connectivity index (χ3v) is 6.66. The SMILES string of the molecule is CC1CC(C)CN(C(=O)C(NS(=O)(=O)c2ccc3c(c2)OCCO3)C(C)C)C1. The molecule has 1 aromatic rings. The second-order valence-electron chi connectivity index (χ2n) is 8.34. The molecule has 156 valence electrons. The summed E-state index contributed by atoms with van der Waals surface area (Å²) in [6.07, 6.45) is 1.08. The van der Waals surface area contributed by atoms with Crippen molar-refractivity contribution in [2.24, 2.45) is 17.8 Å². The first-order valence-corrected chi connectivity index (χ1v) is 11.4. The minimum Gasteiger partial charge on any atom is -0.486 e. The molecule has 3 rings (SSSR count). The summed E-state index contributed by atoms with van der Waals surface area (Å²) in [7, 11) is -3.88. The highest BCUT2D eigenvalue weighted by Crippen LogP contribution is 2.32. The van der Waals surface area contributed by atoms with Crippen molar-refractivity contribution < 1.29 is 22.7 Å². The highest BCUT2D eigenvalue weighted by atomic mass is 32.2. The van der Waals surface area contributed by atoms with Gasteiger partial charge in [0.25, 0.3) is 0 Å². The Labute approximate surface area is 167 Å². The van der Waals surface area contributed by atoms with Gasteiger partial charge in [-0.05, 0) is 36.3 Å². The maximum Gasteiger partial charge on any atom is 0.241 e. The largest absolute Gasteiger partial charge is 0.486 e. The van der Waals surface area contributed by atoms with Gasteiger partial charge < -0.3 is 14.4 Å². The van der Waals surface area contributed by atoms with E-state index in [4.69, 9.17) is 9.47 Å². The normalized spacial score (nSPS) is 23.5. The molecule has 1 fully saturated rings. The molecular weight excluding hydrogens is 380 g/mol. The van der Waals surface area contributed by atoms with Crippen LogP contribution in [0.4, 0.5) is 0 Å². The van der Waals surface area contributed by atoms with Crippen LogP contribution in [0.3, 0.4) is 0 Å². The van der Waals surface area contributed by atoms with Crippen molar-refractivity contribution in [3.63, 3.8) is 0 Å². The van der Waals surface area contributed by atoms with Gasteiger partial charge in [-0.25, -0.2) is 8.42 Å². The molecule has 1 N–H and O–H groups in total. The predicted molar refractivity (Wildman–Crippen MR) is 106 cm³/mol. The summed E-state index contributed by atoms with van der Waals surface area (Å²) in [5.41, 5.74) is 0. The maximum absolute atomic E-state index is 13.1. The van der Waals surface area contributed by atoms with Crippen LogP contribution in [0.1, 0.15) is 34.1 Å². The topological polar surface area (TPSA) is 84.9 Å². The van der Waals surface area contributed by atoms with Crippen LogP contribution in [0.25, 0.3) is 0 Å². The van der Waals surface area contributed by atoms with E-state index in [0.29, 0.717) is 49.6 Å². The molecule has 2 aliphatic heterocycles. The van der Waals surface area contributed by atoms with E-state index in [-0.39, 0.29) is 16.7 Å². The summed E-state index contributed by atoms with van der Waals surface area (Å²) >= 11 is 0. The Bertz CT molecular complexity index is 814. The molecule has 2 aliphatic rings. The first-order chi connectivity index (χ1) is 13.2. The predicted octanol–water partition coefficient (Wildman–Crippen LogP) is 2.27. The zero-order valence-corrected chi connectivity index (χ0v) is 17.8. The number of nitrogens with zero attached hydrogens (tertiary/aromatic N) is 1.